The number of rotatable bonds is 4. The molecule has 1 N–H and O–H groups in total. The number of nitrogens with one attached hydrogen (secondary N) is 1. The molecule has 33 heavy (non-hydrogen) atoms. The number of carbonyl (C=O) groups is 3. The van der Waals surface area contributed by atoms with E-state index in [-0.39, 0.29) is 17.8 Å². The second-order valence-corrected chi connectivity index (χ2v) is 9.50. The predicted molar refractivity (Wildman–Crippen MR) is 121 cm³/mol. The van der Waals surface area contributed by atoms with E-state index in [2.05, 4.69) is 5.32 Å². The number of methoxy groups -OCH3 is 1. The molecule has 1 aromatic heterocycles. The van der Waals surface area contributed by atoms with Crippen LogP contribution in [0.5, 0.6) is 0 Å². The molecule has 3 aliphatic rings. The number of ketones is 1. The van der Waals surface area contributed by atoms with Crippen LogP contribution in [0, 0.1) is 18.8 Å². The summed E-state index contributed by atoms with van der Waals surface area (Å²) >= 11 is 0. The third-order valence-electron chi connectivity index (χ3n) is 7.08. The number of dihydropyridines is 1. The highest BCUT2D eigenvalue weighted by atomic mass is 16.5. The fourth-order valence-electron chi connectivity index (χ4n) is 5.42. The smallest absolute Gasteiger partial charge is 0.337 e. The molecule has 178 valence electrons. The molecule has 4 rings (SSSR count). The first-order valence-electron chi connectivity index (χ1n) is 11.9. The summed E-state index contributed by atoms with van der Waals surface area (Å²) < 4.78 is 16.8. The molecular weight excluding hydrogens is 422 g/mol. The van der Waals surface area contributed by atoms with Crippen LogP contribution in [-0.4, -0.2) is 30.9 Å². The maximum atomic E-state index is 13.7. The van der Waals surface area contributed by atoms with Gasteiger partial charge in [-0.1, -0.05) is 19.8 Å². The van der Waals surface area contributed by atoms with E-state index in [1.54, 1.807) is 6.07 Å². The third-order valence-corrected chi connectivity index (χ3v) is 7.08. The molecule has 0 spiro atoms. The first-order chi connectivity index (χ1) is 15.8. The van der Waals surface area contributed by atoms with E-state index < -0.39 is 23.8 Å². The summed E-state index contributed by atoms with van der Waals surface area (Å²) in [6.45, 7) is 5.52. The molecule has 0 amide bonds. The van der Waals surface area contributed by atoms with Gasteiger partial charge in [-0.05, 0) is 64.0 Å². The summed E-state index contributed by atoms with van der Waals surface area (Å²) in [5.41, 5.74) is 2.16. The topological polar surface area (TPSA) is 94.8 Å². The van der Waals surface area contributed by atoms with Gasteiger partial charge in [0.15, 0.2) is 5.78 Å². The van der Waals surface area contributed by atoms with Crippen LogP contribution in [0.1, 0.15) is 76.2 Å². The van der Waals surface area contributed by atoms with Gasteiger partial charge in [-0.3, -0.25) is 9.59 Å². The van der Waals surface area contributed by atoms with Crippen molar-refractivity contribution in [2.45, 2.75) is 77.7 Å². The van der Waals surface area contributed by atoms with Crippen molar-refractivity contribution in [3.8, 4) is 0 Å². The number of esters is 2. The Morgan fingerprint density at radius 1 is 1.09 bits per heavy atom. The Bertz CT molecular complexity index is 1010. The quantitative estimate of drug-likeness (QED) is 0.407. The molecule has 0 radical (unpaired) electrons. The Labute approximate surface area is 194 Å². The molecule has 1 fully saturated rings. The number of aryl methyl sites for hydroxylation is 1. The molecule has 0 aromatic carbocycles. The molecule has 1 aromatic rings. The Kier molecular flexibility index (Phi) is 6.77. The number of furan rings is 1. The molecule has 0 unspecified atom stereocenters. The van der Waals surface area contributed by atoms with E-state index in [4.69, 9.17) is 13.9 Å². The minimum atomic E-state index is -0.911. The third kappa shape index (κ3) is 4.50. The van der Waals surface area contributed by atoms with Crippen LogP contribution in [0.15, 0.2) is 39.1 Å². The highest BCUT2D eigenvalue weighted by Crippen LogP contribution is 2.46. The van der Waals surface area contributed by atoms with Crippen LogP contribution >= 0.6 is 0 Å². The standard InChI is InChI=1S/C26H33NO6/c1-14-13-18-22(24(28)20(14)25(29)31-4)23(19-12-11-15(2)32-19)21(16(3)27-18)26(30)33-17-9-7-5-6-8-10-17/h11-12,14,17,20,23,27H,5-10,13H2,1-4H3/t14-,20+,23-/m0/s1. The molecular formula is C26H33NO6. The van der Waals surface area contributed by atoms with Crippen molar-refractivity contribution in [2.24, 2.45) is 11.8 Å². The molecule has 0 bridgehead atoms. The minimum Gasteiger partial charge on any atom is -0.468 e. The summed E-state index contributed by atoms with van der Waals surface area (Å²) in [6, 6.07) is 3.61. The molecule has 7 nitrogen and oxygen atoms in total. The number of ether oxygens (including phenoxy) is 2. The van der Waals surface area contributed by atoms with Crippen LogP contribution in [0.2, 0.25) is 0 Å². The average Bonchev–Trinajstić information content (AvgIpc) is 3.03. The number of hydrogen-bond donors (Lipinski definition) is 1. The Morgan fingerprint density at radius 2 is 1.79 bits per heavy atom. The first kappa shape index (κ1) is 23.3. The maximum absolute atomic E-state index is 13.7. The van der Waals surface area contributed by atoms with E-state index in [0.717, 1.165) is 44.2 Å². The number of hydrogen-bond acceptors (Lipinski definition) is 7. The Hall–Kier alpha value is -2.83. The second kappa shape index (κ2) is 9.57. The van der Waals surface area contributed by atoms with E-state index in [1.807, 2.05) is 26.8 Å². The fraction of sp³-hybridized carbons (Fsp3) is 0.577. The number of allylic oxidation sites excluding steroid dienone is 3. The number of carbonyl (C=O) groups excluding carboxylic acids is 3. The lowest BCUT2D eigenvalue weighted by Gasteiger charge is -2.37. The van der Waals surface area contributed by atoms with E-state index in [9.17, 15) is 14.4 Å². The van der Waals surface area contributed by atoms with Crippen molar-refractivity contribution < 1.29 is 28.3 Å². The summed E-state index contributed by atoms with van der Waals surface area (Å²) in [7, 11) is 1.29. The summed E-state index contributed by atoms with van der Waals surface area (Å²) in [5.74, 6) is -1.98. The lowest BCUT2D eigenvalue weighted by molar-refractivity contribution is -0.151. The molecule has 1 aliphatic heterocycles. The van der Waals surface area contributed by atoms with Crippen LogP contribution < -0.4 is 5.32 Å². The molecule has 7 heteroatoms. The highest BCUT2D eigenvalue weighted by Gasteiger charge is 2.48. The van der Waals surface area contributed by atoms with Crippen molar-refractivity contribution in [3.05, 3.63) is 46.2 Å². The van der Waals surface area contributed by atoms with Crippen molar-refractivity contribution in [1.82, 2.24) is 5.32 Å². The minimum absolute atomic E-state index is 0.125. The summed E-state index contributed by atoms with van der Waals surface area (Å²) in [5, 5.41) is 3.29. The average molecular weight is 456 g/mol. The van der Waals surface area contributed by atoms with Gasteiger partial charge in [-0.15, -0.1) is 0 Å². The van der Waals surface area contributed by atoms with Crippen molar-refractivity contribution >= 4 is 17.7 Å². The molecule has 2 heterocycles. The van der Waals surface area contributed by atoms with Crippen molar-refractivity contribution in [2.75, 3.05) is 7.11 Å². The Morgan fingerprint density at radius 3 is 2.39 bits per heavy atom. The van der Waals surface area contributed by atoms with E-state index in [1.165, 1.54) is 7.11 Å². The molecule has 2 aliphatic carbocycles. The van der Waals surface area contributed by atoms with E-state index >= 15 is 0 Å². The number of Topliss-reactive ketones (excluding diaryl/α,β-unsaturated/α-hetero) is 1. The molecule has 1 saturated carbocycles. The Balaban J connectivity index is 1.74. The van der Waals surface area contributed by atoms with Gasteiger partial charge in [0.2, 0.25) is 0 Å². The zero-order valence-corrected chi connectivity index (χ0v) is 19.9. The largest absolute Gasteiger partial charge is 0.468 e. The van der Waals surface area contributed by atoms with Gasteiger partial charge < -0.3 is 19.2 Å². The lowest BCUT2D eigenvalue weighted by atomic mass is 9.70. The monoisotopic (exact) mass is 455 g/mol. The fourth-order valence-corrected chi connectivity index (χ4v) is 5.42. The van der Waals surface area contributed by atoms with Gasteiger partial charge in [0.25, 0.3) is 0 Å². The molecule has 0 saturated heterocycles. The van der Waals surface area contributed by atoms with Gasteiger partial charge in [0.05, 0.1) is 18.6 Å². The van der Waals surface area contributed by atoms with Crippen molar-refractivity contribution in [1.29, 1.82) is 0 Å². The van der Waals surface area contributed by atoms with Crippen LogP contribution in [0.3, 0.4) is 0 Å². The molecule has 3 atom stereocenters. The zero-order valence-electron chi connectivity index (χ0n) is 19.9. The van der Waals surface area contributed by atoms with Gasteiger partial charge in [0, 0.05) is 17.0 Å². The van der Waals surface area contributed by atoms with Crippen LogP contribution in [-0.2, 0) is 23.9 Å². The first-order valence-corrected chi connectivity index (χ1v) is 11.9. The van der Waals surface area contributed by atoms with E-state index in [0.29, 0.717) is 34.8 Å². The van der Waals surface area contributed by atoms with Crippen molar-refractivity contribution in [3.63, 3.8) is 0 Å². The zero-order chi connectivity index (χ0) is 23.7. The van der Waals surface area contributed by atoms with Gasteiger partial charge in [0.1, 0.15) is 23.5 Å². The summed E-state index contributed by atoms with van der Waals surface area (Å²) in [6.07, 6.45) is 6.48. The normalized spacial score (nSPS) is 26.4. The maximum Gasteiger partial charge on any atom is 0.337 e. The predicted octanol–water partition coefficient (Wildman–Crippen LogP) is 4.47. The van der Waals surface area contributed by atoms with Gasteiger partial charge in [-0.2, -0.15) is 0 Å². The second-order valence-electron chi connectivity index (χ2n) is 9.50. The lowest BCUT2D eigenvalue weighted by Crippen LogP contribution is -2.43. The van der Waals surface area contributed by atoms with Crippen LogP contribution in [0.25, 0.3) is 0 Å². The van der Waals surface area contributed by atoms with Gasteiger partial charge in [-0.25, -0.2) is 4.79 Å². The van der Waals surface area contributed by atoms with Crippen LogP contribution in [0.4, 0.5) is 0 Å². The summed E-state index contributed by atoms with van der Waals surface area (Å²) in [4.78, 5) is 39.6. The SMILES string of the molecule is COC(=O)[C@H]1C(=O)C2=C(C[C@@H]1C)NC(C)=C(C(=O)OC1CCCCCC1)[C@@H]2c1ccc(C)o1. The highest BCUT2D eigenvalue weighted by molar-refractivity contribution is 6.12. The van der Waals surface area contributed by atoms with Gasteiger partial charge >= 0.3 is 11.9 Å².